The summed E-state index contributed by atoms with van der Waals surface area (Å²) in [5.74, 6) is 1.66. The van der Waals surface area contributed by atoms with E-state index in [1.807, 2.05) is 25.7 Å². The van der Waals surface area contributed by atoms with Gasteiger partial charge in [-0.25, -0.2) is 19.6 Å². The molecule has 1 amide bonds. The zero-order valence-electron chi connectivity index (χ0n) is 17.9. The highest BCUT2D eigenvalue weighted by Crippen LogP contribution is 2.33. The molecule has 0 N–H and O–H groups in total. The number of nitrogens with zero attached hydrogens (tertiary/aromatic N) is 4. The van der Waals surface area contributed by atoms with Crippen molar-refractivity contribution < 1.29 is 19.1 Å². The maximum Gasteiger partial charge on any atom is 0.410 e. The van der Waals surface area contributed by atoms with Crippen LogP contribution in [-0.2, 0) is 9.47 Å². The number of piperidine rings is 2. The van der Waals surface area contributed by atoms with Crippen LogP contribution in [0.5, 0.6) is 0 Å². The fraction of sp³-hybridized carbons (Fsp3) is 0.714. The molecule has 1 aromatic rings. The van der Waals surface area contributed by atoms with Gasteiger partial charge < -0.3 is 19.3 Å². The van der Waals surface area contributed by atoms with Crippen molar-refractivity contribution >= 4 is 17.9 Å². The van der Waals surface area contributed by atoms with E-state index in [4.69, 9.17) is 4.74 Å². The normalized spacial score (nSPS) is 19.2. The summed E-state index contributed by atoms with van der Waals surface area (Å²) < 4.78 is 10.2. The Kier molecular flexibility index (Phi) is 6.59. The topological polar surface area (TPSA) is 84.9 Å². The first-order valence-corrected chi connectivity index (χ1v) is 10.4. The second-order valence-corrected chi connectivity index (χ2v) is 8.88. The average Bonchev–Trinajstić information content (AvgIpc) is 2.72. The zero-order chi connectivity index (χ0) is 21.0. The van der Waals surface area contributed by atoms with Gasteiger partial charge in [-0.05, 0) is 58.3 Å². The van der Waals surface area contributed by atoms with Gasteiger partial charge in [-0.2, -0.15) is 0 Å². The average molecular weight is 405 g/mol. The first-order chi connectivity index (χ1) is 13.8. The number of methoxy groups -OCH3 is 1. The van der Waals surface area contributed by atoms with Crippen molar-refractivity contribution in [3.05, 3.63) is 18.1 Å². The maximum absolute atomic E-state index is 12.2. The van der Waals surface area contributed by atoms with Gasteiger partial charge in [0.2, 0.25) is 0 Å². The summed E-state index contributed by atoms with van der Waals surface area (Å²) in [6.07, 6.45) is 7.22. The van der Waals surface area contributed by atoms with E-state index in [-0.39, 0.29) is 11.8 Å². The molecule has 29 heavy (non-hydrogen) atoms. The predicted molar refractivity (Wildman–Crippen MR) is 109 cm³/mol. The van der Waals surface area contributed by atoms with Crippen molar-refractivity contribution in [1.29, 1.82) is 0 Å². The number of anilines is 1. The minimum Gasteiger partial charge on any atom is -0.464 e. The molecule has 0 unspecified atom stereocenters. The third-order valence-corrected chi connectivity index (χ3v) is 5.75. The Morgan fingerprint density at radius 2 is 1.55 bits per heavy atom. The van der Waals surface area contributed by atoms with Gasteiger partial charge in [-0.15, -0.1) is 0 Å². The van der Waals surface area contributed by atoms with Crippen molar-refractivity contribution in [3.8, 4) is 0 Å². The van der Waals surface area contributed by atoms with E-state index in [1.165, 1.54) is 13.3 Å². The fourth-order valence-corrected chi connectivity index (χ4v) is 4.17. The molecular weight excluding hydrogens is 372 g/mol. The van der Waals surface area contributed by atoms with Gasteiger partial charge in [0.25, 0.3) is 0 Å². The third-order valence-electron chi connectivity index (χ3n) is 5.75. The van der Waals surface area contributed by atoms with Crippen molar-refractivity contribution in [1.82, 2.24) is 14.9 Å². The molecule has 0 spiro atoms. The van der Waals surface area contributed by atoms with Crippen LogP contribution in [0.15, 0.2) is 12.4 Å². The van der Waals surface area contributed by atoms with Crippen molar-refractivity contribution in [3.63, 3.8) is 0 Å². The summed E-state index contributed by atoms with van der Waals surface area (Å²) in [7, 11) is 1.33. The number of esters is 1. The van der Waals surface area contributed by atoms with Crippen LogP contribution in [0.2, 0.25) is 0 Å². The summed E-state index contributed by atoms with van der Waals surface area (Å²) in [4.78, 5) is 36.3. The molecule has 0 aromatic carbocycles. The first-order valence-electron chi connectivity index (χ1n) is 10.4. The van der Waals surface area contributed by atoms with E-state index in [9.17, 15) is 9.59 Å². The molecule has 160 valence electrons. The van der Waals surface area contributed by atoms with Gasteiger partial charge in [0.1, 0.15) is 11.4 Å². The van der Waals surface area contributed by atoms with E-state index in [2.05, 4.69) is 19.6 Å². The maximum atomic E-state index is 12.2. The van der Waals surface area contributed by atoms with Crippen molar-refractivity contribution in [2.75, 3.05) is 38.2 Å². The zero-order valence-corrected chi connectivity index (χ0v) is 17.9. The van der Waals surface area contributed by atoms with E-state index in [0.29, 0.717) is 11.8 Å². The summed E-state index contributed by atoms with van der Waals surface area (Å²) in [6.45, 7) is 9.13. The van der Waals surface area contributed by atoms with Crippen LogP contribution < -0.4 is 4.90 Å². The Hall–Kier alpha value is -2.38. The lowest BCUT2D eigenvalue weighted by Gasteiger charge is -2.40. The number of hydrogen-bond acceptors (Lipinski definition) is 7. The number of amides is 1. The highest BCUT2D eigenvalue weighted by atomic mass is 16.6. The van der Waals surface area contributed by atoms with E-state index >= 15 is 0 Å². The number of carbonyl (C=O) groups excluding carboxylic acids is 2. The second-order valence-electron chi connectivity index (χ2n) is 8.88. The number of ether oxygens (including phenoxy) is 2. The minimum atomic E-state index is -0.472. The Balaban J connectivity index is 1.45. The van der Waals surface area contributed by atoms with Gasteiger partial charge in [0.05, 0.1) is 19.5 Å². The summed E-state index contributed by atoms with van der Waals surface area (Å²) in [5, 5.41) is 0. The molecule has 0 saturated carbocycles. The molecule has 2 saturated heterocycles. The van der Waals surface area contributed by atoms with Gasteiger partial charge in [-0.3, -0.25) is 0 Å². The molecule has 0 radical (unpaired) electrons. The molecule has 3 rings (SSSR count). The number of hydrogen-bond donors (Lipinski definition) is 0. The van der Waals surface area contributed by atoms with Crippen LogP contribution in [0, 0.1) is 11.8 Å². The molecule has 3 heterocycles. The molecule has 8 nitrogen and oxygen atoms in total. The quantitative estimate of drug-likeness (QED) is 0.716. The Labute approximate surface area is 172 Å². The Morgan fingerprint density at radius 1 is 0.966 bits per heavy atom. The molecule has 2 fully saturated rings. The Morgan fingerprint density at radius 3 is 2.03 bits per heavy atom. The van der Waals surface area contributed by atoms with Gasteiger partial charge in [-0.1, -0.05) is 0 Å². The van der Waals surface area contributed by atoms with Crippen LogP contribution in [0.25, 0.3) is 0 Å². The molecule has 1 aromatic heterocycles. The highest BCUT2D eigenvalue weighted by Gasteiger charge is 2.32. The standard InChI is InChI=1S/C21H32N4O4/c1-21(2,3)29-20(27)25-11-7-16(8-12-25)15-5-9-24(10-6-15)18-14-22-17(13-23-18)19(26)28-4/h13-16H,5-12H2,1-4H3. The summed E-state index contributed by atoms with van der Waals surface area (Å²) >= 11 is 0. The van der Waals surface area contributed by atoms with E-state index in [0.717, 1.165) is 57.7 Å². The Bertz CT molecular complexity index is 700. The number of likely N-dealkylation sites (tertiary alicyclic amines) is 1. The molecule has 0 atom stereocenters. The molecule has 8 heteroatoms. The van der Waals surface area contributed by atoms with Crippen molar-refractivity contribution in [2.24, 2.45) is 11.8 Å². The van der Waals surface area contributed by atoms with Crippen LogP contribution in [-0.4, -0.2) is 65.8 Å². The van der Waals surface area contributed by atoms with Gasteiger partial charge >= 0.3 is 12.1 Å². The van der Waals surface area contributed by atoms with Crippen LogP contribution >= 0.6 is 0 Å². The van der Waals surface area contributed by atoms with Crippen LogP contribution in [0.3, 0.4) is 0 Å². The second kappa shape index (κ2) is 8.97. The molecule has 2 aliphatic rings. The highest BCUT2D eigenvalue weighted by molar-refractivity contribution is 5.86. The van der Waals surface area contributed by atoms with Gasteiger partial charge in [0, 0.05) is 26.2 Å². The third kappa shape index (κ3) is 5.58. The largest absolute Gasteiger partial charge is 0.464 e. The molecule has 0 aliphatic carbocycles. The van der Waals surface area contributed by atoms with Crippen LogP contribution in [0.4, 0.5) is 10.6 Å². The molecule has 2 aliphatic heterocycles. The lowest BCUT2D eigenvalue weighted by molar-refractivity contribution is 0.0152. The van der Waals surface area contributed by atoms with Gasteiger partial charge in [0.15, 0.2) is 5.69 Å². The smallest absolute Gasteiger partial charge is 0.410 e. The lowest BCUT2D eigenvalue weighted by atomic mass is 9.79. The van der Waals surface area contributed by atoms with Crippen LogP contribution in [0.1, 0.15) is 56.9 Å². The molecule has 0 bridgehead atoms. The summed E-state index contributed by atoms with van der Waals surface area (Å²) in [6, 6.07) is 0. The predicted octanol–water partition coefficient (Wildman–Crippen LogP) is 3.13. The van der Waals surface area contributed by atoms with Crippen molar-refractivity contribution in [2.45, 2.75) is 52.1 Å². The summed E-state index contributed by atoms with van der Waals surface area (Å²) in [5.41, 5.74) is -0.221. The monoisotopic (exact) mass is 404 g/mol. The number of rotatable bonds is 3. The first kappa shape index (κ1) is 21.3. The number of carbonyl (C=O) groups is 2. The molecular formula is C21H32N4O4. The number of aromatic nitrogens is 2. The SMILES string of the molecule is COC(=O)c1cnc(N2CCC(C3CCN(C(=O)OC(C)(C)C)CC3)CC2)cn1. The lowest BCUT2D eigenvalue weighted by Crippen LogP contribution is -2.44. The fourth-order valence-electron chi connectivity index (χ4n) is 4.17. The minimum absolute atomic E-state index is 0.195. The van der Waals surface area contributed by atoms with E-state index < -0.39 is 11.6 Å². The van der Waals surface area contributed by atoms with E-state index in [1.54, 1.807) is 6.20 Å².